The van der Waals surface area contributed by atoms with Crippen LogP contribution in [-0.4, -0.2) is 49.6 Å². The van der Waals surface area contributed by atoms with Crippen molar-refractivity contribution in [2.24, 2.45) is 0 Å². The zero-order valence-corrected chi connectivity index (χ0v) is 49.8. The van der Waals surface area contributed by atoms with Crippen LogP contribution in [0.15, 0.2) is 236 Å². The number of carboxylic acids is 2. The smallest absolute Gasteiger partial charge is 0.300 e. The van der Waals surface area contributed by atoms with Gasteiger partial charge in [0.25, 0.3) is 11.9 Å². The molecule has 1 aliphatic rings. The van der Waals surface area contributed by atoms with Crippen LogP contribution in [0.4, 0.5) is 5.69 Å². The van der Waals surface area contributed by atoms with E-state index in [4.69, 9.17) is 30.5 Å². The van der Waals surface area contributed by atoms with E-state index in [0.717, 1.165) is 105 Å². The molecule has 1 aromatic heterocycles. The van der Waals surface area contributed by atoms with Crippen molar-refractivity contribution in [2.45, 2.75) is 13.8 Å². The lowest BCUT2D eigenvalue weighted by atomic mass is 9.84. The van der Waals surface area contributed by atoms with Crippen LogP contribution >= 0.6 is 63.7 Å². The molecule has 0 saturated carbocycles. The predicted octanol–water partition coefficient (Wildman–Crippen LogP) is 18.2. The number of rotatable bonds is 3. The summed E-state index contributed by atoms with van der Waals surface area (Å²) in [4.78, 5) is 58.1. The molecule has 0 unspecified atom stereocenters. The molecule has 0 bridgehead atoms. The van der Waals surface area contributed by atoms with Gasteiger partial charge in [-0.3, -0.25) is 28.5 Å². The molecule has 0 atom stereocenters. The van der Waals surface area contributed by atoms with Gasteiger partial charge in [0, 0.05) is 76.1 Å². The van der Waals surface area contributed by atoms with Crippen molar-refractivity contribution in [1.29, 1.82) is 0 Å². The van der Waals surface area contributed by atoms with E-state index in [9.17, 15) is 14.4 Å². The quantitative estimate of drug-likeness (QED) is 0.0570. The first kappa shape index (κ1) is 60.2. The highest BCUT2D eigenvalue weighted by Crippen LogP contribution is 2.42. The van der Waals surface area contributed by atoms with Crippen LogP contribution in [0.1, 0.15) is 44.9 Å². The lowest BCUT2D eigenvalue weighted by Crippen LogP contribution is -2.21. The molecule has 1 heterocycles. The van der Waals surface area contributed by atoms with Crippen molar-refractivity contribution in [1.82, 2.24) is 15.7 Å². The molecule has 0 amide bonds. The van der Waals surface area contributed by atoms with Gasteiger partial charge >= 0.3 is 0 Å². The molecule has 12 aromatic rings. The van der Waals surface area contributed by atoms with Gasteiger partial charge in [-0.2, -0.15) is 0 Å². The minimum absolute atomic E-state index is 0. The number of anilines is 1. The van der Waals surface area contributed by atoms with Crippen LogP contribution in [0.2, 0.25) is 0 Å². The monoisotopic (exact) mass is 1330 g/mol. The summed E-state index contributed by atoms with van der Waals surface area (Å²) in [6, 6.07) is 72.5. The van der Waals surface area contributed by atoms with E-state index >= 15 is 0 Å². The minimum Gasteiger partial charge on any atom is -0.481 e. The molecule has 7 N–H and O–H groups in total. The second-order valence-corrected chi connectivity index (χ2v) is 21.5. The fourth-order valence-corrected chi connectivity index (χ4v) is 10.6. The van der Waals surface area contributed by atoms with Gasteiger partial charge in [0.2, 0.25) is 11.6 Å². The fourth-order valence-electron chi connectivity index (χ4n) is 9.11. The summed E-state index contributed by atoms with van der Waals surface area (Å²) in [6.45, 7) is 2.17. The number of nitrogen functional groups attached to an aromatic ring is 1. The average molecular weight is 1330 g/mol. The number of nitrogens with two attached hydrogens (primary N) is 1. The Morgan fingerprint density at radius 1 is 0.457 bits per heavy atom. The van der Waals surface area contributed by atoms with Crippen LogP contribution in [0.3, 0.4) is 0 Å². The van der Waals surface area contributed by atoms with Crippen molar-refractivity contribution in [2.75, 3.05) is 5.73 Å². The molecule has 0 radical (unpaired) electrons. The Hall–Kier alpha value is -8.44. The summed E-state index contributed by atoms with van der Waals surface area (Å²) in [5, 5.41) is 24.1. The number of carbonyl (C=O) groups is 5. The SMILES string of the molecule is Brc1ccc2c3ccc(Br)cc3c3c(nc(-c4cccc5ccccc45)n3-c3ccccc3)c2c1.CC(=O)O.CC(=O)O.N.Nc1ccccc1.O=C1C(=O)c2cc(Br)ccc2-c2ccc(Br)cc21.O=Cc1cccc2ccccc12. The Balaban J connectivity index is 0.000000171. The number of carboxylic acid groups (broad SMARTS) is 2. The number of imidazole rings is 1. The van der Waals surface area contributed by atoms with Gasteiger partial charge in [-0.25, -0.2) is 4.98 Å². The Bertz CT molecular complexity index is 4210. The van der Waals surface area contributed by atoms with E-state index in [0.29, 0.717) is 11.1 Å². The topological polar surface area (TPSA) is 205 Å². The van der Waals surface area contributed by atoms with Crippen molar-refractivity contribution < 1.29 is 34.2 Å². The first-order chi connectivity index (χ1) is 38.5. The maximum atomic E-state index is 12.1. The van der Waals surface area contributed by atoms with Crippen LogP contribution < -0.4 is 11.9 Å². The van der Waals surface area contributed by atoms with Gasteiger partial charge in [0.1, 0.15) is 5.82 Å². The molecule has 15 heteroatoms. The van der Waals surface area contributed by atoms with Crippen LogP contribution in [0.5, 0.6) is 0 Å². The number of halogens is 4. The number of aliphatic carboxylic acids is 2. The average Bonchev–Trinajstić information content (AvgIpc) is 3.90. The maximum Gasteiger partial charge on any atom is 0.300 e. The first-order valence-corrected chi connectivity index (χ1v) is 27.8. The number of ketones is 2. The van der Waals surface area contributed by atoms with Crippen LogP contribution in [0.25, 0.3) is 82.3 Å². The molecule has 11 nitrogen and oxygen atoms in total. The van der Waals surface area contributed by atoms with E-state index in [1.54, 1.807) is 12.1 Å². The summed E-state index contributed by atoms with van der Waals surface area (Å²) in [7, 11) is 0. The van der Waals surface area contributed by atoms with Crippen molar-refractivity contribution >= 4 is 153 Å². The molecule has 0 saturated heterocycles. The number of aromatic nitrogens is 2. The van der Waals surface area contributed by atoms with Gasteiger partial charge in [0.15, 0.2) is 6.29 Å². The van der Waals surface area contributed by atoms with E-state index in [1.807, 2.05) is 97.1 Å². The molecule has 1 aliphatic carbocycles. The van der Waals surface area contributed by atoms with Crippen molar-refractivity contribution in [3.05, 3.63) is 253 Å². The third-order valence-corrected chi connectivity index (χ3v) is 14.4. The number of hydrogen-bond donors (Lipinski definition) is 4. The molecule has 0 spiro atoms. The van der Waals surface area contributed by atoms with Gasteiger partial charge in [0.05, 0.1) is 11.0 Å². The third-order valence-electron chi connectivity index (χ3n) is 12.4. The third kappa shape index (κ3) is 14.3. The van der Waals surface area contributed by atoms with E-state index in [2.05, 4.69) is 177 Å². The van der Waals surface area contributed by atoms with Gasteiger partial charge in [-0.05, 0) is 116 Å². The lowest BCUT2D eigenvalue weighted by Gasteiger charge is -2.18. The summed E-state index contributed by atoms with van der Waals surface area (Å²) in [6.07, 6.45) is 0.891. The first-order valence-electron chi connectivity index (χ1n) is 24.6. The number of hydrogen-bond acceptors (Lipinski definition) is 8. The highest BCUT2D eigenvalue weighted by Gasteiger charge is 2.30. The van der Waals surface area contributed by atoms with E-state index < -0.39 is 23.5 Å². The number of Topliss-reactive ketones (excluding diaryl/α,β-unsaturated/α-hetero) is 2. The van der Waals surface area contributed by atoms with Crippen molar-refractivity contribution in [3.63, 3.8) is 0 Å². The maximum absolute atomic E-state index is 12.1. The zero-order chi connectivity index (χ0) is 57.0. The Labute approximate surface area is 500 Å². The molecule has 404 valence electrons. The second-order valence-electron chi connectivity index (χ2n) is 17.9. The normalized spacial score (nSPS) is 10.8. The largest absolute Gasteiger partial charge is 0.481 e. The summed E-state index contributed by atoms with van der Waals surface area (Å²) in [5.74, 6) is -1.62. The van der Waals surface area contributed by atoms with Gasteiger partial charge < -0.3 is 22.1 Å². The molecule has 13 rings (SSSR count). The number of nitrogens with zero attached hydrogens (tertiary/aromatic N) is 2. The second kappa shape index (κ2) is 27.6. The van der Waals surface area contributed by atoms with E-state index in [-0.39, 0.29) is 6.15 Å². The molecule has 11 aromatic carbocycles. The molecule has 0 aliphatic heterocycles. The van der Waals surface area contributed by atoms with Crippen LogP contribution in [-0.2, 0) is 9.59 Å². The van der Waals surface area contributed by atoms with Gasteiger partial charge in [-0.1, -0.05) is 209 Å². The lowest BCUT2D eigenvalue weighted by molar-refractivity contribution is -0.135. The highest BCUT2D eigenvalue weighted by atomic mass is 79.9. The van der Waals surface area contributed by atoms with Crippen molar-refractivity contribution in [3.8, 4) is 28.2 Å². The minimum atomic E-state index is -0.833. The summed E-state index contributed by atoms with van der Waals surface area (Å²) >= 11 is 14.1. The number of benzene rings is 11. The Morgan fingerprint density at radius 2 is 0.877 bits per heavy atom. The number of para-hydroxylation sites is 2. The standard InChI is InChI=1S/C31H18Br2N2.C14H6Br2O2.C11H8O.C6H7N.2C2H4O2.H3N/c32-20-13-15-24-25-16-14-21(33)18-28(25)30-29(27(24)17-20)34-31(35(30)22-9-2-1-3-10-22)26-12-6-8-19-7-4-5-11-23(19)26;15-7-1-3-9-10-4-2-8(16)6-12(10)14(18)13(17)11(9)5-7;12-8-10-6-3-5-9-4-1-2-7-11(9)10;7-6-4-2-1-3-5-6;2*1-2(3)4;/h1-18H;1-6H;1-8H;1-5H,7H2;2*1H3,(H,3,4);1H3. The predicted molar refractivity (Wildman–Crippen MR) is 342 cm³/mol. The van der Waals surface area contributed by atoms with Crippen LogP contribution in [0, 0.1) is 0 Å². The number of fused-ring (bicyclic) bond motifs is 11. The molecular weight excluding hydrogens is 1280 g/mol. The fraction of sp³-hybridized carbons (Fsp3) is 0.0303. The molecular formula is C66H50Br4N4O7. The number of carbonyl (C=O) groups excluding carboxylic acids is 3. The molecule has 0 fully saturated rings. The summed E-state index contributed by atoms with van der Waals surface area (Å²) < 4.78 is 6.01. The van der Waals surface area contributed by atoms with E-state index in [1.165, 1.54) is 26.9 Å². The Morgan fingerprint density at radius 3 is 1.40 bits per heavy atom. The highest BCUT2D eigenvalue weighted by molar-refractivity contribution is 9.11. The molecule has 81 heavy (non-hydrogen) atoms. The van der Waals surface area contributed by atoms with Gasteiger partial charge in [-0.15, -0.1) is 0 Å². The number of aldehydes is 1. The Kier molecular flexibility index (Phi) is 20.5. The summed E-state index contributed by atoms with van der Waals surface area (Å²) in [5.41, 5.74) is 13.8. The zero-order valence-electron chi connectivity index (χ0n) is 43.5.